The first kappa shape index (κ1) is 21.5. The topological polar surface area (TPSA) is 86.6 Å². The molecule has 0 bridgehead atoms. The van der Waals surface area contributed by atoms with Crippen molar-refractivity contribution in [1.82, 2.24) is 15.5 Å². The zero-order chi connectivity index (χ0) is 20.6. The summed E-state index contributed by atoms with van der Waals surface area (Å²) in [5.41, 5.74) is 1.57. The van der Waals surface area contributed by atoms with Crippen molar-refractivity contribution in [1.29, 1.82) is 0 Å². The lowest BCUT2D eigenvalue weighted by atomic mass is 9.91. The Bertz CT molecular complexity index is 750. The van der Waals surface area contributed by atoms with Crippen molar-refractivity contribution in [3.8, 4) is 0 Å². The van der Waals surface area contributed by atoms with Crippen molar-refractivity contribution in [2.24, 2.45) is 0 Å². The van der Waals surface area contributed by atoms with E-state index >= 15 is 0 Å². The Hall–Kier alpha value is -2.80. The number of furan rings is 1. The second kappa shape index (κ2) is 9.94. The quantitative estimate of drug-likeness (QED) is 0.616. The van der Waals surface area contributed by atoms with Gasteiger partial charge in [0.15, 0.2) is 5.76 Å². The van der Waals surface area contributed by atoms with E-state index < -0.39 is 0 Å². The number of amides is 3. The fourth-order valence-electron chi connectivity index (χ4n) is 3.09. The van der Waals surface area contributed by atoms with Crippen molar-refractivity contribution >= 4 is 17.6 Å². The van der Waals surface area contributed by atoms with Gasteiger partial charge in [0.05, 0.1) is 6.26 Å². The maximum Gasteiger partial charge on any atom is 0.315 e. The summed E-state index contributed by atoms with van der Waals surface area (Å²) < 4.78 is 5.06. The molecule has 152 valence electrons. The van der Waals surface area contributed by atoms with Crippen LogP contribution in [0.3, 0.4) is 0 Å². The molecule has 2 rings (SSSR count). The number of nitrogens with zero attached hydrogens (tertiary/aromatic N) is 1. The Balaban J connectivity index is 1.81. The third-order valence-corrected chi connectivity index (χ3v) is 5.25. The molecule has 1 aromatic carbocycles. The number of hydrogen-bond donors (Lipinski definition) is 3. The molecule has 0 spiro atoms. The van der Waals surface area contributed by atoms with E-state index in [1.807, 2.05) is 26.2 Å². The average molecular weight is 386 g/mol. The summed E-state index contributed by atoms with van der Waals surface area (Å²) in [5, 5.41) is 8.60. The molecule has 0 saturated carbocycles. The van der Waals surface area contributed by atoms with Crippen LogP contribution in [0.4, 0.5) is 10.5 Å². The predicted molar refractivity (Wildman–Crippen MR) is 110 cm³/mol. The number of anilines is 1. The molecule has 3 N–H and O–H groups in total. The number of carbonyl (C=O) groups excluding carboxylic acids is 2. The second-order valence-electron chi connectivity index (χ2n) is 6.99. The van der Waals surface area contributed by atoms with Gasteiger partial charge in [0, 0.05) is 24.3 Å². The van der Waals surface area contributed by atoms with Crippen LogP contribution >= 0.6 is 0 Å². The molecule has 28 heavy (non-hydrogen) atoms. The molecule has 0 aliphatic rings. The van der Waals surface area contributed by atoms with Crippen molar-refractivity contribution in [3.05, 3.63) is 54.0 Å². The van der Waals surface area contributed by atoms with Gasteiger partial charge in [-0.15, -0.1) is 0 Å². The van der Waals surface area contributed by atoms with Crippen molar-refractivity contribution in [3.63, 3.8) is 0 Å². The van der Waals surface area contributed by atoms with Gasteiger partial charge in [-0.1, -0.05) is 26.0 Å². The van der Waals surface area contributed by atoms with Gasteiger partial charge in [0.2, 0.25) is 0 Å². The molecular weight excluding hydrogens is 356 g/mol. The van der Waals surface area contributed by atoms with E-state index in [-0.39, 0.29) is 23.2 Å². The van der Waals surface area contributed by atoms with Gasteiger partial charge < -0.3 is 25.3 Å². The first-order valence-electron chi connectivity index (χ1n) is 9.53. The number of urea groups is 1. The zero-order valence-corrected chi connectivity index (χ0v) is 17.0. The highest BCUT2D eigenvalue weighted by atomic mass is 16.3. The molecule has 3 amide bonds. The molecule has 2 aromatic rings. The number of hydrogen-bond acceptors (Lipinski definition) is 4. The first-order chi connectivity index (χ1) is 13.4. The SMILES string of the molecule is CCC(CC)(CNC(=O)NCc1ccc(NC(=O)c2ccco2)cc1)N(C)C. The summed E-state index contributed by atoms with van der Waals surface area (Å²) in [4.78, 5) is 26.3. The highest BCUT2D eigenvalue weighted by Crippen LogP contribution is 2.20. The number of rotatable bonds is 9. The Labute approximate surface area is 166 Å². The summed E-state index contributed by atoms with van der Waals surface area (Å²) >= 11 is 0. The second-order valence-corrected chi connectivity index (χ2v) is 6.99. The number of nitrogens with one attached hydrogen (secondary N) is 3. The summed E-state index contributed by atoms with van der Waals surface area (Å²) in [5.74, 6) is -0.0400. The Morgan fingerprint density at radius 2 is 1.71 bits per heavy atom. The van der Waals surface area contributed by atoms with E-state index in [0.29, 0.717) is 18.8 Å². The Kier molecular flexibility index (Phi) is 7.63. The van der Waals surface area contributed by atoms with E-state index in [4.69, 9.17) is 4.42 Å². The van der Waals surface area contributed by atoms with Gasteiger partial charge in [0.1, 0.15) is 0 Å². The lowest BCUT2D eigenvalue weighted by Gasteiger charge is -2.38. The minimum Gasteiger partial charge on any atom is -0.459 e. The van der Waals surface area contributed by atoms with Crippen LogP contribution in [-0.4, -0.2) is 43.0 Å². The average Bonchev–Trinajstić information content (AvgIpc) is 3.23. The lowest BCUT2D eigenvalue weighted by Crippen LogP contribution is -2.53. The number of likely N-dealkylation sites (N-methyl/N-ethyl adjacent to an activating group) is 1. The third kappa shape index (κ3) is 5.60. The molecule has 0 aliphatic carbocycles. The Morgan fingerprint density at radius 1 is 1.04 bits per heavy atom. The van der Waals surface area contributed by atoms with Crippen molar-refractivity contribution in [2.75, 3.05) is 26.0 Å². The molecule has 0 atom stereocenters. The fourth-order valence-corrected chi connectivity index (χ4v) is 3.09. The van der Waals surface area contributed by atoms with E-state index in [1.54, 1.807) is 24.3 Å². The molecular formula is C21H30N4O3. The monoisotopic (exact) mass is 386 g/mol. The molecule has 7 nitrogen and oxygen atoms in total. The van der Waals surface area contributed by atoms with Crippen LogP contribution in [0.1, 0.15) is 42.8 Å². The first-order valence-corrected chi connectivity index (χ1v) is 9.53. The van der Waals surface area contributed by atoms with Gasteiger partial charge >= 0.3 is 6.03 Å². The molecule has 0 aliphatic heterocycles. The van der Waals surface area contributed by atoms with Gasteiger partial charge in [-0.3, -0.25) is 4.79 Å². The van der Waals surface area contributed by atoms with Crippen molar-refractivity contribution in [2.45, 2.75) is 38.8 Å². The number of benzene rings is 1. The summed E-state index contributed by atoms with van der Waals surface area (Å²) in [6.07, 6.45) is 3.38. The third-order valence-electron chi connectivity index (χ3n) is 5.25. The smallest absolute Gasteiger partial charge is 0.315 e. The predicted octanol–water partition coefficient (Wildman–Crippen LogP) is 3.45. The summed E-state index contributed by atoms with van der Waals surface area (Å²) in [7, 11) is 4.08. The maximum atomic E-state index is 12.2. The summed E-state index contributed by atoms with van der Waals surface area (Å²) in [6, 6.07) is 10.4. The van der Waals surface area contributed by atoms with Crippen LogP contribution in [0, 0.1) is 0 Å². The molecule has 0 radical (unpaired) electrons. The van der Waals surface area contributed by atoms with Crippen molar-refractivity contribution < 1.29 is 14.0 Å². The van der Waals surface area contributed by atoms with Gasteiger partial charge in [-0.2, -0.15) is 0 Å². The lowest BCUT2D eigenvalue weighted by molar-refractivity contribution is 0.0996. The van der Waals surface area contributed by atoms with Gasteiger partial charge in [-0.05, 0) is 56.8 Å². The number of carbonyl (C=O) groups is 2. The molecule has 0 fully saturated rings. The molecule has 1 heterocycles. The van der Waals surface area contributed by atoms with Crippen LogP contribution in [-0.2, 0) is 6.54 Å². The highest BCUT2D eigenvalue weighted by Gasteiger charge is 2.28. The van der Waals surface area contributed by atoms with E-state index in [9.17, 15) is 9.59 Å². The molecule has 1 aromatic heterocycles. The minimum atomic E-state index is -0.300. The van der Waals surface area contributed by atoms with Gasteiger partial charge in [-0.25, -0.2) is 4.79 Å². The van der Waals surface area contributed by atoms with Gasteiger partial charge in [0.25, 0.3) is 5.91 Å². The standard InChI is InChI=1S/C21H30N4O3/c1-5-21(6-2,25(3)4)15-23-20(27)22-14-16-9-11-17(12-10-16)24-19(26)18-8-7-13-28-18/h7-13H,5-6,14-15H2,1-4H3,(H,24,26)(H2,22,23,27). The fraction of sp³-hybridized carbons (Fsp3) is 0.429. The van der Waals surface area contributed by atoms with Crippen LogP contribution in [0.5, 0.6) is 0 Å². The minimum absolute atomic E-state index is 0.0365. The normalized spacial score (nSPS) is 11.3. The van der Waals surface area contributed by atoms with Crippen LogP contribution in [0.2, 0.25) is 0 Å². The van der Waals surface area contributed by atoms with Crippen LogP contribution in [0.15, 0.2) is 47.1 Å². The van der Waals surface area contributed by atoms with E-state index in [2.05, 4.69) is 34.7 Å². The van der Waals surface area contributed by atoms with E-state index in [1.165, 1.54) is 6.26 Å². The van der Waals surface area contributed by atoms with Crippen LogP contribution < -0.4 is 16.0 Å². The van der Waals surface area contributed by atoms with E-state index in [0.717, 1.165) is 18.4 Å². The largest absolute Gasteiger partial charge is 0.459 e. The zero-order valence-electron chi connectivity index (χ0n) is 17.0. The van der Waals surface area contributed by atoms with Crippen LogP contribution in [0.25, 0.3) is 0 Å². The molecule has 7 heteroatoms. The molecule has 0 saturated heterocycles. The Morgan fingerprint density at radius 3 is 2.25 bits per heavy atom. The highest BCUT2D eigenvalue weighted by molar-refractivity contribution is 6.02. The molecule has 0 unspecified atom stereocenters. The maximum absolute atomic E-state index is 12.2. The summed E-state index contributed by atoms with van der Waals surface area (Å²) in [6.45, 7) is 5.27.